The molecule has 0 saturated carbocycles. The van der Waals surface area contributed by atoms with E-state index in [1.807, 2.05) is 26.0 Å². The number of anilines is 1. The maximum Gasteiger partial charge on any atom is 0.130 e. The molecule has 1 N–H and O–H groups in total. The molecule has 2 aromatic rings. The van der Waals surface area contributed by atoms with Crippen molar-refractivity contribution in [2.45, 2.75) is 20.8 Å². The van der Waals surface area contributed by atoms with Crippen molar-refractivity contribution in [1.29, 1.82) is 0 Å². The molecule has 0 atom stereocenters. The van der Waals surface area contributed by atoms with Gasteiger partial charge in [0.05, 0.1) is 5.69 Å². The number of hydrogen-bond acceptors (Lipinski definition) is 3. The molecule has 0 unspecified atom stereocenters. The van der Waals surface area contributed by atoms with Crippen LogP contribution in [0, 0.1) is 19.7 Å². The van der Waals surface area contributed by atoms with Gasteiger partial charge in [0, 0.05) is 18.2 Å². The molecule has 4 heteroatoms. The van der Waals surface area contributed by atoms with Crippen molar-refractivity contribution in [3.05, 3.63) is 41.5 Å². The lowest BCUT2D eigenvalue weighted by molar-refractivity contribution is 0.619. The van der Waals surface area contributed by atoms with Crippen molar-refractivity contribution in [2.75, 3.05) is 11.9 Å². The molecular formula is C14H16FN3. The van der Waals surface area contributed by atoms with E-state index in [0.29, 0.717) is 11.4 Å². The molecule has 0 spiro atoms. The lowest BCUT2D eigenvalue weighted by Crippen LogP contribution is -2.03. The average Bonchev–Trinajstić information content (AvgIpc) is 2.32. The second-order valence-electron chi connectivity index (χ2n) is 4.13. The van der Waals surface area contributed by atoms with Crippen LogP contribution in [0.25, 0.3) is 11.3 Å². The zero-order chi connectivity index (χ0) is 13.1. The molecule has 1 aromatic heterocycles. The first-order chi connectivity index (χ1) is 8.61. The van der Waals surface area contributed by atoms with E-state index in [1.165, 1.54) is 6.07 Å². The summed E-state index contributed by atoms with van der Waals surface area (Å²) in [4.78, 5) is 8.66. The summed E-state index contributed by atoms with van der Waals surface area (Å²) in [5.74, 6) is 1.23. The number of aromatic nitrogens is 2. The minimum atomic E-state index is -0.214. The summed E-state index contributed by atoms with van der Waals surface area (Å²) in [6.45, 7) is 6.39. The van der Waals surface area contributed by atoms with E-state index in [-0.39, 0.29) is 5.82 Å². The highest BCUT2D eigenvalue weighted by molar-refractivity contribution is 5.66. The van der Waals surface area contributed by atoms with Gasteiger partial charge in [-0.2, -0.15) is 0 Å². The van der Waals surface area contributed by atoms with E-state index in [4.69, 9.17) is 0 Å². The number of aryl methyl sites for hydroxylation is 1. The summed E-state index contributed by atoms with van der Waals surface area (Å²) < 4.78 is 13.6. The largest absolute Gasteiger partial charge is 0.370 e. The normalized spacial score (nSPS) is 10.4. The molecule has 94 valence electrons. The second kappa shape index (κ2) is 5.12. The molecule has 0 amide bonds. The maximum absolute atomic E-state index is 13.6. The molecule has 3 nitrogen and oxygen atoms in total. The van der Waals surface area contributed by atoms with Gasteiger partial charge in [0.25, 0.3) is 0 Å². The smallest absolute Gasteiger partial charge is 0.130 e. The first-order valence-corrected chi connectivity index (χ1v) is 5.97. The Balaban J connectivity index is 2.53. The van der Waals surface area contributed by atoms with E-state index in [2.05, 4.69) is 15.3 Å². The van der Waals surface area contributed by atoms with Gasteiger partial charge in [-0.15, -0.1) is 0 Å². The molecule has 0 aliphatic carbocycles. The van der Waals surface area contributed by atoms with Crippen LogP contribution >= 0.6 is 0 Å². The van der Waals surface area contributed by atoms with E-state index in [0.717, 1.165) is 23.6 Å². The summed E-state index contributed by atoms with van der Waals surface area (Å²) in [5, 5.41) is 3.15. The summed E-state index contributed by atoms with van der Waals surface area (Å²) in [6, 6.07) is 6.87. The van der Waals surface area contributed by atoms with Crippen molar-refractivity contribution in [3.63, 3.8) is 0 Å². The zero-order valence-electron chi connectivity index (χ0n) is 10.8. The van der Waals surface area contributed by atoms with Crippen LogP contribution in [-0.2, 0) is 0 Å². The van der Waals surface area contributed by atoms with Crippen LogP contribution in [-0.4, -0.2) is 16.5 Å². The fraction of sp³-hybridized carbons (Fsp3) is 0.286. The van der Waals surface area contributed by atoms with Crippen molar-refractivity contribution >= 4 is 5.82 Å². The maximum atomic E-state index is 13.6. The predicted octanol–water partition coefficient (Wildman–Crippen LogP) is 3.33. The first kappa shape index (κ1) is 12.5. The molecule has 0 saturated heterocycles. The van der Waals surface area contributed by atoms with Gasteiger partial charge in [-0.1, -0.05) is 12.1 Å². The number of benzene rings is 1. The van der Waals surface area contributed by atoms with Crippen LogP contribution in [0.4, 0.5) is 10.2 Å². The number of nitrogens with one attached hydrogen (secondary N) is 1. The number of rotatable bonds is 3. The van der Waals surface area contributed by atoms with E-state index >= 15 is 0 Å². The predicted molar refractivity (Wildman–Crippen MR) is 71.1 cm³/mol. The van der Waals surface area contributed by atoms with Gasteiger partial charge in [-0.25, -0.2) is 14.4 Å². The van der Waals surface area contributed by atoms with Crippen LogP contribution in [0.1, 0.15) is 18.3 Å². The van der Waals surface area contributed by atoms with Gasteiger partial charge < -0.3 is 5.32 Å². The Morgan fingerprint density at radius 1 is 1.22 bits per heavy atom. The third-order valence-corrected chi connectivity index (χ3v) is 2.74. The van der Waals surface area contributed by atoms with Gasteiger partial charge in [0.2, 0.25) is 0 Å². The Kier molecular flexibility index (Phi) is 3.55. The monoisotopic (exact) mass is 245 g/mol. The summed E-state index contributed by atoms with van der Waals surface area (Å²) in [6.07, 6.45) is 0. The van der Waals surface area contributed by atoms with E-state index in [9.17, 15) is 4.39 Å². The first-order valence-electron chi connectivity index (χ1n) is 5.97. The third-order valence-electron chi connectivity index (χ3n) is 2.74. The van der Waals surface area contributed by atoms with E-state index < -0.39 is 0 Å². The molecule has 0 aliphatic rings. The van der Waals surface area contributed by atoms with Crippen molar-refractivity contribution in [3.8, 4) is 11.3 Å². The van der Waals surface area contributed by atoms with Crippen LogP contribution in [0.15, 0.2) is 24.3 Å². The van der Waals surface area contributed by atoms with Crippen LogP contribution < -0.4 is 5.32 Å². The Morgan fingerprint density at radius 2 is 2.00 bits per heavy atom. The zero-order valence-corrected chi connectivity index (χ0v) is 10.8. The molecule has 0 fully saturated rings. The fourth-order valence-corrected chi connectivity index (χ4v) is 1.86. The Labute approximate surface area is 106 Å². The lowest BCUT2D eigenvalue weighted by Gasteiger charge is -2.09. The summed E-state index contributed by atoms with van der Waals surface area (Å²) >= 11 is 0. The lowest BCUT2D eigenvalue weighted by atomic mass is 10.0. The Hall–Kier alpha value is -1.97. The Morgan fingerprint density at radius 3 is 2.72 bits per heavy atom. The minimum Gasteiger partial charge on any atom is -0.370 e. The quantitative estimate of drug-likeness (QED) is 0.901. The Bertz CT molecular complexity index is 567. The molecule has 18 heavy (non-hydrogen) atoms. The highest BCUT2D eigenvalue weighted by Gasteiger charge is 2.09. The van der Waals surface area contributed by atoms with Gasteiger partial charge in [0.15, 0.2) is 0 Å². The number of halogens is 1. The number of nitrogens with zero attached hydrogens (tertiary/aromatic N) is 2. The second-order valence-corrected chi connectivity index (χ2v) is 4.13. The van der Waals surface area contributed by atoms with Crippen LogP contribution in [0.2, 0.25) is 0 Å². The molecule has 2 rings (SSSR count). The molecule has 0 aliphatic heterocycles. The van der Waals surface area contributed by atoms with Crippen LogP contribution in [0.3, 0.4) is 0 Å². The molecule has 0 bridgehead atoms. The van der Waals surface area contributed by atoms with Gasteiger partial charge in [-0.3, -0.25) is 0 Å². The highest BCUT2D eigenvalue weighted by atomic mass is 19.1. The molecular weight excluding hydrogens is 229 g/mol. The standard InChI is InChI=1S/C14H16FN3/c1-4-16-14-8-13(17-10(3)18-14)11-6-5-7-12(15)9(11)2/h5-8H,4H2,1-3H3,(H,16,17,18). The highest BCUT2D eigenvalue weighted by Crippen LogP contribution is 2.25. The summed E-state index contributed by atoms with van der Waals surface area (Å²) in [7, 11) is 0. The van der Waals surface area contributed by atoms with Gasteiger partial charge in [0.1, 0.15) is 17.5 Å². The SMILES string of the molecule is CCNc1cc(-c2cccc(F)c2C)nc(C)n1. The van der Waals surface area contributed by atoms with Crippen molar-refractivity contribution in [2.24, 2.45) is 0 Å². The molecule has 1 heterocycles. The minimum absolute atomic E-state index is 0.214. The van der Waals surface area contributed by atoms with Crippen LogP contribution in [0.5, 0.6) is 0 Å². The average molecular weight is 245 g/mol. The number of hydrogen-bond donors (Lipinski definition) is 1. The van der Waals surface area contributed by atoms with Crippen molar-refractivity contribution in [1.82, 2.24) is 9.97 Å². The summed E-state index contributed by atoms with van der Waals surface area (Å²) in [5.41, 5.74) is 2.16. The van der Waals surface area contributed by atoms with Crippen molar-refractivity contribution < 1.29 is 4.39 Å². The molecule has 0 radical (unpaired) electrons. The topological polar surface area (TPSA) is 37.8 Å². The van der Waals surface area contributed by atoms with Gasteiger partial charge in [-0.05, 0) is 32.4 Å². The molecule has 1 aromatic carbocycles. The third kappa shape index (κ3) is 2.47. The fourth-order valence-electron chi connectivity index (χ4n) is 1.86. The van der Waals surface area contributed by atoms with Gasteiger partial charge >= 0.3 is 0 Å². The van der Waals surface area contributed by atoms with E-state index in [1.54, 1.807) is 13.0 Å².